The van der Waals surface area contributed by atoms with Crippen LogP contribution in [0.5, 0.6) is 0 Å². The van der Waals surface area contributed by atoms with E-state index < -0.39 is 52.2 Å². The first-order valence-corrected chi connectivity index (χ1v) is 9.30. The van der Waals surface area contributed by atoms with Gasteiger partial charge in [-0.2, -0.15) is 65.9 Å². The van der Waals surface area contributed by atoms with Gasteiger partial charge in [-0.25, -0.2) is 0 Å². The van der Waals surface area contributed by atoms with Crippen molar-refractivity contribution >= 4 is 22.7 Å². The van der Waals surface area contributed by atoms with E-state index in [1.165, 1.54) is 11.4 Å². The lowest BCUT2D eigenvalue weighted by atomic mass is 9.88. The second-order valence-corrected chi connectivity index (χ2v) is 7.95. The van der Waals surface area contributed by atoms with Crippen molar-refractivity contribution in [1.29, 1.82) is 0 Å². The van der Waals surface area contributed by atoms with Crippen LogP contribution in [0.1, 0.15) is 5.56 Å². The summed E-state index contributed by atoms with van der Waals surface area (Å²) in [6.45, 7) is 0. The Balaban J connectivity index is 2.65. The zero-order valence-corrected chi connectivity index (χ0v) is 16.0. The molecule has 0 unspecified atom stereocenters. The fourth-order valence-corrected chi connectivity index (χ4v) is 4.11. The van der Waals surface area contributed by atoms with Crippen LogP contribution < -0.4 is 0 Å². The normalized spacial score (nSPS) is 15.3. The molecule has 0 saturated carbocycles. The van der Waals surface area contributed by atoms with Gasteiger partial charge in [0.2, 0.25) is 0 Å². The van der Waals surface area contributed by atoms with E-state index in [9.17, 15) is 65.9 Å². The van der Waals surface area contributed by atoms with Gasteiger partial charge in [0.25, 0.3) is 0 Å². The second kappa shape index (κ2) is 7.43. The lowest BCUT2D eigenvalue weighted by Crippen LogP contribution is -2.72. The Bertz CT molecular complexity index is 936. The van der Waals surface area contributed by atoms with E-state index in [0.29, 0.717) is 16.7 Å². The van der Waals surface area contributed by atoms with Crippen molar-refractivity contribution in [2.24, 2.45) is 0 Å². The van der Waals surface area contributed by atoms with Gasteiger partial charge in [0.1, 0.15) is 0 Å². The first kappa shape index (κ1) is 26.6. The average Bonchev–Trinajstić information content (AvgIpc) is 3.31. The molecule has 0 atom stereocenters. The molecule has 0 nitrogen and oxygen atoms in total. The minimum absolute atomic E-state index is 0.0598. The summed E-state index contributed by atoms with van der Waals surface area (Å²) in [5, 5.41) is 1.83. The standard InChI is InChI=1S/C15H5F15S2/c16-9(17,6-3-5-32-8(6)7-2-1-4-31-7)10(18,19)11(20,21)12(22,23)13(24,25)14(26,27)15(28,29)30/h1-5H. The first-order valence-electron chi connectivity index (χ1n) is 7.54. The number of hydrogen-bond acceptors (Lipinski definition) is 2. The van der Waals surface area contributed by atoms with Crippen LogP contribution in [0.3, 0.4) is 0 Å². The van der Waals surface area contributed by atoms with Crippen LogP contribution in [-0.2, 0) is 5.92 Å². The molecule has 0 aliphatic heterocycles. The molecule has 2 rings (SSSR count). The summed E-state index contributed by atoms with van der Waals surface area (Å²) in [6.07, 6.45) is -7.62. The molecule has 2 aromatic rings. The fraction of sp³-hybridized carbons (Fsp3) is 0.467. The van der Waals surface area contributed by atoms with Crippen molar-refractivity contribution in [1.82, 2.24) is 0 Å². The molecule has 0 spiro atoms. The van der Waals surface area contributed by atoms with Gasteiger partial charge in [-0.3, -0.25) is 0 Å². The Kier molecular flexibility index (Phi) is 6.18. The molecular weight excluding hydrogens is 529 g/mol. The minimum atomic E-state index is -8.29. The van der Waals surface area contributed by atoms with E-state index in [-0.39, 0.29) is 22.3 Å². The van der Waals surface area contributed by atoms with Crippen molar-refractivity contribution in [3.05, 3.63) is 34.5 Å². The maximum absolute atomic E-state index is 14.4. The van der Waals surface area contributed by atoms with Gasteiger partial charge in [-0.05, 0) is 22.9 Å². The molecule has 2 heterocycles. The highest BCUT2D eigenvalue weighted by atomic mass is 32.1. The largest absolute Gasteiger partial charge is 0.460 e. The molecule has 0 aliphatic carbocycles. The number of rotatable bonds is 7. The highest BCUT2D eigenvalue weighted by Crippen LogP contribution is 2.64. The van der Waals surface area contributed by atoms with Gasteiger partial charge in [0.05, 0.1) is 4.88 Å². The summed E-state index contributed by atoms with van der Waals surface area (Å²) in [4.78, 5) is -1.15. The van der Waals surface area contributed by atoms with Gasteiger partial charge >= 0.3 is 41.7 Å². The summed E-state index contributed by atoms with van der Waals surface area (Å²) in [7, 11) is 0. The Morgan fingerprint density at radius 3 is 1.41 bits per heavy atom. The highest BCUT2D eigenvalue weighted by molar-refractivity contribution is 7.20. The van der Waals surface area contributed by atoms with Crippen LogP contribution in [0.4, 0.5) is 65.9 Å². The number of alkyl halides is 15. The number of halogens is 15. The molecule has 2 aromatic heterocycles. The molecule has 0 saturated heterocycles. The molecule has 0 aromatic carbocycles. The van der Waals surface area contributed by atoms with E-state index in [1.807, 2.05) is 0 Å². The minimum Gasteiger partial charge on any atom is -0.194 e. The Hall–Kier alpha value is -1.65. The molecule has 0 aliphatic rings. The summed E-state index contributed by atoms with van der Waals surface area (Å²) < 4.78 is 200. The lowest BCUT2D eigenvalue weighted by Gasteiger charge is -2.41. The van der Waals surface area contributed by atoms with Crippen molar-refractivity contribution < 1.29 is 65.9 Å². The fourth-order valence-electron chi connectivity index (χ4n) is 2.29. The molecule has 182 valence electrons. The van der Waals surface area contributed by atoms with Crippen molar-refractivity contribution in [3.8, 4) is 9.75 Å². The molecule has 0 amide bonds. The van der Waals surface area contributed by atoms with Crippen LogP contribution in [0.2, 0.25) is 0 Å². The highest BCUT2D eigenvalue weighted by Gasteiger charge is 2.93. The van der Waals surface area contributed by atoms with E-state index in [1.54, 1.807) is 0 Å². The Labute approximate surface area is 175 Å². The zero-order chi connectivity index (χ0) is 25.2. The van der Waals surface area contributed by atoms with Crippen molar-refractivity contribution in [3.63, 3.8) is 0 Å². The molecule has 32 heavy (non-hydrogen) atoms. The Morgan fingerprint density at radius 1 is 0.500 bits per heavy atom. The SMILES string of the molecule is FC(F)(F)C(F)(F)C(F)(F)C(F)(F)C(F)(F)C(F)(F)C(F)(F)c1ccsc1-c1cccs1. The number of thiophene rings is 2. The molecule has 0 bridgehead atoms. The predicted octanol–water partition coefficient (Wildman–Crippen LogP) is 8.31. The van der Waals surface area contributed by atoms with Crippen LogP contribution >= 0.6 is 22.7 Å². The maximum atomic E-state index is 14.4. The molecular formula is C15H5F15S2. The monoisotopic (exact) mass is 534 g/mol. The van der Waals surface area contributed by atoms with E-state index in [0.717, 1.165) is 6.07 Å². The van der Waals surface area contributed by atoms with Crippen LogP contribution in [0.25, 0.3) is 9.75 Å². The third kappa shape index (κ3) is 3.37. The molecule has 0 N–H and O–H groups in total. The van der Waals surface area contributed by atoms with Crippen molar-refractivity contribution in [2.45, 2.75) is 41.7 Å². The maximum Gasteiger partial charge on any atom is 0.460 e. The second-order valence-electron chi connectivity index (χ2n) is 6.08. The predicted molar refractivity (Wildman–Crippen MR) is 82.3 cm³/mol. The summed E-state index contributed by atoms with van der Waals surface area (Å²) in [6, 6.07) is 2.26. The van der Waals surface area contributed by atoms with Gasteiger partial charge in [0, 0.05) is 10.4 Å². The lowest BCUT2D eigenvalue weighted by molar-refractivity contribution is -0.453. The zero-order valence-electron chi connectivity index (χ0n) is 14.4. The van der Waals surface area contributed by atoms with E-state index in [4.69, 9.17) is 0 Å². The topological polar surface area (TPSA) is 0 Å². The third-order valence-electron chi connectivity index (χ3n) is 4.08. The van der Waals surface area contributed by atoms with Gasteiger partial charge in [-0.15, -0.1) is 22.7 Å². The Morgan fingerprint density at radius 2 is 0.969 bits per heavy atom. The van der Waals surface area contributed by atoms with Crippen LogP contribution in [-0.4, -0.2) is 35.8 Å². The average molecular weight is 534 g/mol. The molecule has 0 radical (unpaired) electrons. The summed E-state index contributed by atoms with van der Waals surface area (Å²) in [5.74, 6) is -46.6. The quantitative estimate of drug-likeness (QED) is 0.314. The van der Waals surface area contributed by atoms with E-state index >= 15 is 0 Å². The van der Waals surface area contributed by atoms with Gasteiger partial charge in [-0.1, -0.05) is 6.07 Å². The van der Waals surface area contributed by atoms with E-state index in [2.05, 4.69) is 0 Å². The molecule has 17 heteroatoms. The van der Waals surface area contributed by atoms with Crippen LogP contribution in [0, 0.1) is 0 Å². The van der Waals surface area contributed by atoms with Crippen molar-refractivity contribution in [2.75, 3.05) is 0 Å². The first-order chi connectivity index (χ1) is 14.1. The summed E-state index contributed by atoms with van der Waals surface area (Å²) >= 11 is 0.827. The molecule has 0 fully saturated rings. The van der Waals surface area contributed by atoms with Gasteiger partial charge < -0.3 is 0 Å². The smallest absolute Gasteiger partial charge is 0.194 e. The number of hydrogen-bond donors (Lipinski definition) is 0. The van der Waals surface area contributed by atoms with Gasteiger partial charge in [0.15, 0.2) is 0 Å². The third-order valence-corrected chi connectivity index (χ3v) is 6.04. The summed E-state index contributed by atoms with van der Waals surface area (Å²) in [5.41, 5.74) is -2.06. The van der Waals surface area contributed by atoms with Crippen LogP contribution in [0.15, 0.2) is 29.0 Å².